The van der Waals surface area contributed by atoms with Crippen LogP contribution in [0.4, 0.5) is 0 Å². The number of carbonyl (C=O) groups is 1. The van der Waals surface area contributed by atoms with Crippen molar-refractivity contribution in [2.75, 3.05) is 0 Å². The second-order valence-electron chi connectivity index (χ2n) is 7.02. The number of aryl methyl sites for hydroxylation is 1. The summed E-state index contributed by atoms with van der Waals surface area (Å²) in [6.45, 7) is 4.25. The summed E-state index contributed by atoms with van der Waals surface area (Å²) < 4.78 is 0. The number of benzene rings is 1. The van der Waals surface area contributed by atoms with Crippen molar-refractivity contribution in [3.63, 3.8) is 0 Å². The molecule has 2 heteroatoms. The third-order valence-electron chi connectivity index (χ3n) is 5.60. The molecular weight excluding hydrogens is 258 g/mol. The minimum Gasteiger partial charge on any atom is -0.350 e. The lowest BCUT2D eigenvalue weighted by Crippen LogP contribution is -2.29. The molecule has 0 saturated heterocycles. The molecule has 2 aliphatic rings. The summed E-state index contributed by atoms with van der Waals surface area (Å²) in [5.41, 5.74) is 2.55. The highest BCUT2D eigenvalue weighted by atomic mass is 16.1. The molecule has 2 saturated carbocycles. The highest BCUT2D eigenvalue weighted by Crippen LogP contribution is 2.49. The lowest BCUT2D eigenvalue weighted by molar-refractivity contribution is -0.123. The zero-order chi connectivity index (χ0) is 14.8. The van der Waals surface area contributed by atoms with Crippen LogP contribution < -0.4 is 5.32 Å². The Bertz CT molecular complexity index is 493. The molecule has 0 spiro atoms. The quantitative estimate of drug-likeness (QED) is 0.861. The van der Waals surface area contributed by atoms with Gasteiger partial charge in [-0.25, -0.2) is 0 Å². The average molecular weight is 285 g/mol. The van der Waals surface area contributed by atoms with Gasteiger partial charge in [0.05, 0.1) is 6.04 Å². The topological polar surface area (TPSA) is 29.1 Å². The average Bonchev–Trinajstić information content (AvgIpc) is 3.09. The van der Waals surface area contributed by atoms with E-state index in [1.54, 1.807) is 0 Å². The van der Waals surface area contributed by atoms with Gasteiger partial charge in [-0.1, -0.05) is 37.6 Å². The van der Waals surface area contributed by atoms with E-state index in [1.165, 1.54) is 36.8 Å². The van der Waals surface area contributed by atoms with Crippen LogP contribution in [0, 0.1) is 17.8 Å². The Morgan fingerprint density at radius 3 is 2.57 bits per heavy atom. The fraction of sp³-hybridized carbons (Fsp3) is 0.632. The van der Waals surface area contributed by atoms with Crippen molar-refractivity contribution < 1.29 is 4.79 Å². The van der Waals surface area contributed by atoms with Crippen molar-refractivity contribution in [3.05, 3.63) is 35.4 Å². The molecule has 1 amide bonds. The van der Waals surface area contributed by atoms with Crippen molar-refractivity contribution in [2.45, 2.75) is 58.4 Å². The molecule has 4 unspecified atom stereocenters. The van der Waals surface area contributed by atoms with Crippen LogP contribution in [0.3, 0.4) is 0 Å². The molecule has 1 aromatic rings. The van der Waals surface area contributed by atoms with E-state index in [1.807, 2.05) is 0 Å². The number of hydrogen-bond acceptors (Lipinski definition) is 1. The normalized spacial score (nSPS) is 28.6. The lowest BCUT2D eigenvalue weighted by atomic mass is 9.86. The predicted octanol–water partition coefficient (Wildman–Crippen LogP) is 4.25. The molecule has 1 aromatic carbocycles. The van der Waals surface area contributed by atoms with Crippen LogP contribution in [-0.4, -0.2) is 5.91 Å². The fourth-order valence-electron chi connectivity index (χ4n) is 4.29. The molecule has 2 aliphatic carbocycles. The van der Waals surface area contributed by atoms with E-state index in [0.717, 1.165) is 24.7 Å². The number of rotatable bonds is 5. The standard InChI is InChI=1S/C19H27NO/c1-3-14-4-7-16(8-5-14)13(2)20-19(21)12-18-11-15-6-9-17(18)10-15/h4-5,7-8,13,15,17-18H,3,6,9-12H2,1-2H3,(H,20,21). The van der Waals surface area contributed by atoms with Gasteiger partial charge >= 0.3 is 0 Å². The van der Waals surface area contributed by atoms with Gasteiger partial charge in [-0.05, 0) is 61.5 Å². The number of carbonyl (C=O) groups excluding carboxylic acids is 1. The Balaban J connectivity index is 1.51. The minimum absolute atomic E-state index is 0.113. The Morgan fingerprint density at radius 2 is 2.00 bits per heavy atom. The molecule has 2 fully saturated rings. The maximum absolute atomic E-state index is 12.3. The Morgan fingerprint density at radius 1 is 1.24 bits per heavy atom. The lowest BCUT2D eigenvalue weighted by Gasteiger charge is -2.22. The molecule has 114 valence electrons. The van der Waals surface area contributed by atoms with Crippen molar-refractivity contribution in [3.8, 4) is 0 Å². The van der Waals surface area contributed by atoms with Crippen LogP contribution in [-0.2, 0) is 11.2 Å². The van der Waals surface area contributed by atoms with E-state index in [9.17, 15) is 4.79 Å². The number of fused-ring (bicyclic) bond motifs is 2. The Hall–Kier alpha value is -1.31. The summed E-state index contributed by atoms with van der Waals surface area (Å²) in [5.74, 6) is 2.64. The zero-order valence-electron chi connectivity index (χ0n) is 13.3. The van der Waals surface area contributed by atoms with Gasteiger partial charge in [-0.3, -0.25) is 4.79 Å². The molecule has 21 heavy (non-hydrogen) atoms. The molecule has 3 rings (SSSR count). The summed E-state index contributed by atoms with van der Waals surface area (Å²) >= 11 is 0. The summed E-state index contributed by atoms with van der Waals surface area (Å²) in [6, 6.07) is 8.71. The van der Waals surface area contributed by atoms with Crippen LogP contribution in [0.5, 0.6) is 0 Å². The Kier molecular flexibility index (Phi) is 4.32. The van der Waals surface area contributed by atoms with Gasteiger partial charge in [-0.2, -0.15) is 0 Å². The number of amides is 1. The van der Waals surface area contributed by atoms with Crippen molar-refractivity contribution in [1.82, 2.24) is 5.32 Å². The molecule has 0 aliphatic heterocycles. The molecule has 2 bridgehead atoms. The molecule has 1 N–H and O–H groups in total. The summed E-state index contributed by atoms with van der Waals surface area (Å²) in [4.78, 5) is 12.3. The van der Waals surface area contributed by atoms with Gasteiger partial charge in [0, 0.05) is 6.42 Å². The maximum Gasteiger partial charge on any atom is 0.220 e. The van der Waals surface area contributed by atoms with Crippen LogP contribution in [0.1, 0.15) is 63.1 Å². The van der Waals surface area contributed by atoms with E-state index in [0.29, 0.717) is 5.92 Å². The van der Waals surface area contributed by atoms with Crippen LogP contribution in [0.25, 0.3) is 0 Å². The van der Waals surface area contributed by atoms with Crippen LogP contribution in [0.2, 0.25) is 0 Å². The summed E-state index contributed by atoms with van der Waals surface area (Å²) in [5, 5.41) is 3.18. The monoisotopic (exact) mass is 285 g/mol. The maximum atomic E-state index is 12.3. The van der Waals surface area contributed by atoms with Gasteiger partial charge in [0.15, 0.2) is 0 Å². The number of nitrogens with one attached hydrogen (secondary N) is 1. The summed E-state index contributed by atoms with van der Waals surface area (Å²) in [7, 11) is 0. The van der Waals surface area contributed by atoms with Crippen molar-refractivity contribution in [1.29, 1.82) is 0 Å². The second kappa shape index (κ2) is 6.21. The molecule has 0 aromatic heterocycles. The molecule has 4 atom stereocenters. The van der Waals surface area contributed by atoms with E-state index in [4.69, 9.17) is 0 Å². The third kappa shape index (κ3) is 3.30. The molecule has 2 nitrogen and oxygen atoms in total. The van der Waals surface area contributed by atoms with E-state index >= 15 is 0 Å². The largest absolute Gasteiger partial charge is 0.350 e. The highest BCUT2D eigenvalue weighted by molar-refractivity contribution is 5.76. The highest BCUT2D eigenvalue weighted by Gasteiger charge is 2.40. The molecule has 0 radical (unpaired) electrons. The predicted molar refractivity (Wildman–Crippen MR) is 85.9 cm³/mol. The molecular formula is C19H27NO. The second-order valence-corrected chi connectivity index (χ2v) is 7.02. The Labute approximate surface area is 128 Å². The number of hydrogen-bond donors (Lipinski definition) is 1. The molecule has 0 heterocycles. The first kappa shape index (κ1) is 14.6. The van der Waals surface area contributed by atoms with Crippen molar-refractivity contribution >= 4 is 5.91 Å². The minimum atomic E-state index is 0.113. The van der Waals surface area contributed by atoms with Crippen LogP contribution >= 0.6 is 0 Å². The van der Waals surface area contributed by atoms with Gasteiger partial charge in [0.25, 0.3) is 0 Å². The van der Waals surface area contributed by atoms with Gasteiger partial charge in [0.1, 0.15) is 0 Å². The first-order valence-corrected chi connectivity index (χ1v) is 8.54. The van der Waals surface area contributed by atoms with E-state index < -0.39 is 0 Å². The zero-order valence-corrected chi connectivity index (χ0v) is 13.3. The van der Waals surface area contributed by atoms with Crippen molar-refractivity contribution in [2.24, 2.45) is 17.8 Å². The first-order valence-electron chi connectivity index (χ1n) is 8.54. The smallest absolute Gasteiger partial charge is 0.220 e. The van der Waals surface area contributed by atoms with E-state index in [2.05, 4.69) is 43.4 Å². The third-order valence-corrected chi connectivity index (χ3v) is 5.60. The SMILES string of the molecule is CCc1ccc(C(C)NC(=O)CC2CC3CCC2C3)cc1. The van der Waals surface area contributed by atoms with Gasteiger partial charge in [0.2, 0.25) is 5.91 Å². The van der Waals surface area contributed by atoms with Crippen LogP contribution in [0.15, 0.2) is 24.3 Å². The fourth-order valence-corrected chi connectivity index (χ4v) is 4.29. The first-order chi connectivity index (χ1) is 10.2. The van der Waals surface area contributed by atoms with E-state index in [-0.39, 0.29) is 11.9 Å². The summed E-state index contributed by atoms with van der Waals surface area (Å²) in [6.07, 6.45) is 7.23. The van der Waals surface area contributed by atoms with Gasteiger partial charge in [-0.15, -0.1) is 0 Å². The van der Waals surface area contributed by atoms with Gasteiger partial charge < -0.3 is 5.32 Å².